The van der Waals surface area contributed by atoms with E-state index in [4.69, 9.17) is 20.8 Å². The van der Waals surface area contributed by atoms with Gasteiger partial charge in [0, 0.05) is 39.1 Å². The highest BCUT2D eigenvalue weighted by Crippen LogP contribution is 2.46. The lowest BCUT2D eigenvalue weighted by Crippen LogP contribution is -2.12. The minimum Gasteiger partial charge on any atom is -0.507 e. The fourth-order valence-corrected chi connectivity index (χ4v) is 6.31. The minimum atomic E-state index is -0.212. The molecule has 0 aliphatic carbocycles. The van der Waals surface area contributed by atoms with Crippen LogP contribution in [0.3, 0.4) is 0 Å². The summed E-state index contributed by atoms with van der Waals surface area (Å²) in [7, 11) is 4.21. The summed E-state index contributed by atoms with van der Waals surface area (Å²) in [5, 5.41) is 11.4. The minimum absolute atomic E-state index is 0. The molecule has 8 heteroatoms. The molecule has 2 aliphatic rings. The maximum atomic E-state index is 12.0. The van der Waals surface area contributed by atoms with Crippen molar-refractivity contribution in [2.24, 2.45) is 5.92 Å². The molecule has 4 aromatic rings. The monoisotopic (exact) mass is 611 g/mol. The van der Waals surface area contributed by atoms with Crippen molar-refractivity contribution >= 4 is 52.3 Å². The number of nitrogens with zero attached hydrogens (tertiary/aromatic N) is 1. The molecule has 5 nitrogen and oxygen atoms in total. The van der Waals surface area contributed by atoms with Crippen LogP contribution in [0, 0.1) is 12.8 Å². The van der Waals surface area contributed by atoms with E-state index >= 15 is 0 Å². The van der Waals surface area contributed by atoms with Crippen molar-refractivity contribution in [3.63, 3.8) is 0 Å². The molecule has 41 heavy (non-hydrogen) atoms. The van der Waals surface area contributed by atoms with Gasteiger partial charge in [0.2, 0.25) is 0 Å². The highest BCUT2D eigenvalue weighted by Gasteiger charge is 2.22. The zero-order valence-corrected chi connectivity index (χ0v) is 26.1. The van der Waals surface area contributed by atoms with Gasteiger partial charge in [0.15, 0.2) is 5.43 Å². The molecule has 6 rings (SSSR count). The van der Waals surface area contributed by atoms with Crippen molar-refractivity contribution in [2.45, 2.75) is 42.9 Å². The maximum absolute atomic E-state index is 12.0. The van der Waals surface area contributed by atoms with Crippen LogP contribution >= 0.6 is 35.8 Å². The number of phenolic OH excluding ortho intramolecular Hbond substituents is 1. The van der Waals surface area contributed by atoms with Crippen LogP contribution in [0.1, 0.15) is 42.2 Å². The molecular weight excluding hydrogens is 577 g/mol. The number of aromatic hydroxyl groups is 1. The topological polar surface area (TPSA) is 62.9 Å². The lowest BCUT2D eigenvalue weighted by molar-refractivity contribution is 0.265. The molecule has 3 heterocycles. The smallest absolute Gasteiger partial charge is 0.196 e. The average Bonchev–Trinajstić information content (AvgIpc) is 3.10. The number of halogens is 2. The Morgan fingerprint density at radius 1 is 1.10 bits per heavy atom. The predicted molar refractivity (Wildman–Crippen MR) is 171 cm³/mol. The van der Waals surface area contributed by atoms with Gasteiger partial charge in [-0.3, -0.25) is 4.79 Å². The Morgan fingerprint density at radius 3 is 2.63 bits per heavy atom. The number of benzene rings is 3. The van der Waals surface area contributed by atoms with Crippen LogP contribution in [0.2, 0.25) is 5.02 Å². The molecule has 0 fully saturated rings. The number of hydrogen-bond donors (Lipinski definition) is 1. The summed E-state index contributed by atoms with van der Waals surface area (Å²) in [4.78, 5) is 16.8. The second kappa shape index (κ2) is 13.4. The summed E-state index contributed by atoms with van der Waals surface area (Å²) in [5.41, 5.74) is 4.77. The van der Waals surface area contributed by atoms with E-state index in [1.54, 1.807) is 13.0 Å². The number of aryl methyl sites for hydroxylation is 1. The SMILES string of the molecule is CN(C)CCC=C1c2ccccc2Sc2ccc(Cl)cc21.Cc1cc(=O)c2c(O)c3c(cc2o1)OCC(C)CC3.Cl. The Bertz CT molecular complexity index is 1650. The van der Waals surface area contributed by atoms with Crippen molar-refractivity contribution < 1.29 is 14.3 Å². The van der Waals surface area contributed by atoms with Crippen LogP contribution in [0.4, 0.5) is 0 Å². The second-order valence-electron chi connectivity index (χ2n) is 10.7. The Morgan fingerprint density at radius 2 is 1.85 bits per heavy atom. The van der Waals surface area contributed by atoms with Crippen molar-refractivity contribution in [2.75, 3.05) is 27.2 Å². The lowest BCUT2D eigenvalue weighted by Gasteiger charge is -2.22. The average molecular weight is 613 g/mol. The highest BCUT2D eigenvalue weighted by atomic mass is 35.5. The van der Waals surface area contributed by atoms with Gasteiger partial charge in [-0.15, -0.1) is 12.4 Å². The van der Waals surface area contributed by atoms with Crippen LogP contribution in [-0.4, -0.2) is 37.3 Å². The molecule has 0 radical (unpaired) electrons. The second-order valence-corrected chi connectivity index (χ2v) is 12.2. The van der Waals surface area contributed by atoms with Gasteiger partial charge in [-0.1, -0.05) is 54.6 Å². The first-order valence-corrected chi connectivity index (χ1v) is 14.7. The van der Waals surface area contributed by atoms with Crippen LogP contribution in [-0.2, 0) is 6.42 Å². The summed E-state index contributed by atoms with van der Waals surface area (Å²) in [6.45, 7) is 5.49. The van der Waals surface area contributed by atoms with Gasteiger partial charge < -0.3 is 19.2 Å². The van der Waals surface area contributed by atoms with Crippen LogP contribution in [0.5, 0.6) is 11.5 Å². The quantitative estimate of drug-likeness (QED) is 0.221. The molecule has 2 aliphatic heterocycles. The molecule has 0 saturated heterocycles. The van der Waals surface area contributed by atoms with Gasteiger partial charge in [0.25, 0.3) is 0 Å². The summed E-state index contributed by atoms with van der Waals surface area (Å²) >= 11 is 8.03. The summed E-state index contributed by atoms with van der Waals surface area (Å²) in [6, 6.07) is 17.9. The summed E-state index contributed by atoms with van der Waals surface area (Å²) in [6.07, 6.45) is 5.02. The highest BCUT2D eigenvalue weighted by molar-refractivity contribution is 7.99. The van der Waals surface area contributed by atoms with Gasteiger partial charge >= 0.3 is 0 Å². The third-order valence-corrected chi connectivity index (χ3v) is 8.53. The molecule has 1 aromatic heterocycles. The van der Waals surface area contributed by atoms with Gasteiger partial charge in [-0.2, -0.15) is 0 Å². The molecule has 0 saturated carbocycles. The van der Waals surface area contributed by atoms with E-state index in [1.807, 2.05) is 17.8 Å². The fraction of sp³-hybridized carbons (Fsp3) is 0.303. The molecule has 3 aromatic carbocycles. The Labute approximate surface area is 256 Å². The van der Waals surface area contributed by atoms with Crippen molar-refractivity contribution in [1.29, 1.82) is 0 Å². The molecule has 0 amide bonds. The molecule has 216 valence electrons. The van der Waals surface area contributed by atoms with Crippen molar-refractivity contribution in [1.82, 2.24) is 4.90 Å². The zero-order valence-electron chi connectivity index (χ0n) is 23.7. The van der Waals surface area contributed by atoms with E-state index in [-0.39, 0.29) is 29.0 Å². The van der Waals surface area contributed by atoms with E-state index < -0.39 is 0 Å². The van der Waals surface area contributed by atoms with Gasteiger partial charge in [0.1, 0.15) is 28.2 Å². The third kappa shape index (κ3) is 6.95. The summed E-state index contributed by atoms with van der Waals surface area (Å²) in [5.74, 6) is 1.59. The normalized spacial score (nSPS) is 16.4. The number of phenols is 1. The fourth-order valence-electron chi connectivity index (χ4n) is 5.05. The van der Waals surface area contributed by atoms with Gasteiger partial charge in [-0.05, 0) is 87.2 Å². The van der Waals surface area contributed by atoms with Gasteiger partial charge in [0.05, 0.1) is 6.61 Å². The first-order valence-electron chi connectivity index (χ1n) is 13.6. The summed E-state index contributed by atoms with van der Waals surface area (Å²) < 4.78 is 11.2. The Kier molecular flexibility index (Phi) is 10.1. The predicted octanol–water partition coefficient (Wildman–Crippen LogP) is 8.38. The van der Waals surface area contributed by atoms with Crippen LogP contribution in [0.25, 0.3) is 16.5 Å². The molecular formula is C33H35Cl2NO4S. The molecule has 1 unspecified atom stereocenters. The third-order valence-electron chi connectivity index (χ3n) is 7.14. The number of ether oxygens (including phenoxy) is 1. The first-order chi connectivity index (χ1) is 19.2. The molecule has 0 spiro atoms. The van der Waals surface area contributed by atoms with E-state index in [0.717, 1.165) is 24.4 Å². The number of hydrogen-bond acceptors (Lipinski definition) is 6. The van der Waals surface area contributed by atoms with Crippen LogP contribution in [0.15, 0.2) is 79.7 Å². The van der Waals surface area contributed by atoms with Gasteiger partial charge in [-0.25, -0.2) is 0 Å². The lowest BCUT2D eigenvalue weighted by atomic mass is 9.96. The molecule has 1 atom stereocenters. The number of rotatable bonds is 3. The van der Waals surface area contributed by atoms with E-state index in [9.17, 15) is 9.90 Å². The number of fused-ring (bicyclic) bond motifs is 4. The van der Waals surface area contributed by atoms with E-state index in [2.05, 4.69) is 68.4 Å². The maximum Gasteiger partial charge on any atom is 0.196 e. The zero-order chi connectivity index (χ0) is 28.4. The van der Waals surface area contributed by atoms with Crippen molar-refractivity contribution in [3.8, 4) is 11.5 Å². The first kappa shape index (κ1) is 31.0. The largest absolute Gasteiger partial charge is 0.507 e. The van der Waals surface area contributed by atoms with Crippen LogP contribution < -0.4 is 10.2 Å². The Hall–Kier alpha value is -2.90. The van der Waals surface area contributed by atoms with E-state index in [1.165, 1.54) is 32.6 Å². The van der Waals surface area contributed by atoms with E-state index in [0.29, 0.717) is 41.6 Å². The molecule has 0 bridgehead atoms. The Balaban J connectivity index is 0.000000185. The molecule has 1 N–H and O–H groups in total. The van der Waals surface area contributed by atoms with Crippen molar-refractivity contribution in [3.05, 3.63) is 98.4 Å². The standard InChI is InChI=1S/C18H18ClNS.C15H16O4.ClH/c1-20(2)11-5-7-14-15-6-3-4-8-17(15)21-18-10-9-13(19)12-16(14)18;1-8-3-4-10-12(18-7-8)6-13-14(15(10)17)11(16)5-9(2)19-13;/h3-4,6-10,12H,5,11H2,1-2H3;5-6,8,17H,3-4,7H2,1-2H3;1H.